The number of imidazole rings is 1. The Balaban J connectivity index is 2.35. The average Bonchev–Trinajstić information content (AvgIpc) is 2.87. The third-order valence-corrected chi connectivity index (χ3v) is 4.20. The van der Waals surface area contributed by atoms with Crippen molar-refractivity contribution in [1.29, 1.82) is 0 Å². The molecule has 1 unspecified atom stereocenters. The van der Waals surface area contributed by atoms with Crippen molar-refractivity contribution in [3.63, 3.8) is 0 Å². The van der Waals surface area contributed by atoms with Crippen molar-refractivity contribution < 1.29 is 4.74 Å². The van der Waals surface area contributed by atoms with Crippen LogP contribution < -0.4 is 4.74 Å². The lowest BCUT2D eigenvalue weighted by Gasteiger charge is -2.17. The van der Waals surface area contributed by atoms with Crippen LogP contribution in [-0.4, -0.2) is 21.6 Å². The van der Waals surface area contributed by atoms with Crippen molar-refractivity contribution in [2.75, 3.05) is 7.11 Å². The van der Waals surface area contributed by atoms with E-state index in [1.807, 2.05) is 12.1 Å². The number of hydrogen-bond acceptors (Lipinski definition) is 3. The van der Waals surface area contributed by atoms with E-state index in [2.05, 4.69) is 28.4 Å². The number of aromatic nitrogens is 3. The second-order valence-electron chi connectivity index (χ2n) is 5.39. The van der Waals surface area contributed by atoms with E-state index in [1.165, 1.54) is 19.3 Å². The normalized spacial score (nSPS) is 12.8. The molecule has 2 heterocycles. The van der Waals surface area contributed by atoms with E-state index in [9.17, 15) is 0 Å². The largest absolute Gasteiger partial charge is 0.481 e. The molecule has 0 radical (unpaired) electrons. The minimum atomic E-state index is 0.406. The van der Waals surface area contributed by atoms with Gasteiger partial charge in [0.25, 0.3) is 0 Å². The summed E-state index contributed by atoms with van der Waals surface area (Å²) < 4.78 is 7.39. The molecule has 4 nitrogen and oxygen atoms in total. The topological polar surface area (TPSA) is 39.9 Å². The van der Waals surface area contributed by atoms with E-state index in [1.54, 1.807) is 7.11 Å². The highest BCUT2D eigenvalue weighted by atomic mass is 35.5. The zero-order chi connectivity index (χ0) is 15.2. The van der Waals surface area contributed by atoms with E-state index in [0.29, 0.717) is 17.7 Å². The van der Waals surface area contributed by atoms with Gasteiger partial charge in [0.15, 0.2) is 5.65 Å². The number of methoxy groups -OCH3 is 1. The summed E-state index contributed by atoms with van der Waals surface area (Å²) in [5.41, 5.74) is 1.76. The van der Waals surface area contributed by atoms with Gasteiger partial charge in [-0.2, -0.15) is 4.98 Å². The maximum Gasteiger partial charge on any atom is 0.215 e. The molecule has 0 N–H and O–H groups in total. The number of nitrogens with zero attached hydrogens (tertiary/aromatic N) is 3. The predicted octanol–water partition coefficient (Wildman–Crippen LogP) is 4.40. The standard InChI is InChI=1S/C16H24ClN3O/c1-4-6-7-12(5-2)11-20-14(10-17)18-13-8-9-15(21-3)19-16(13)20/h8-9,12H,4-7,10-11H2,1-3H3. The van der Waals surface area contributed by atoms with Crippen LogP contribution in [0.5, 0.6) is 5.88 Å². The Kier molecular flexibility index (Phi) is 5.85. The van der Waals surface area contributed by atoms with Gasteiger partial charge in [-0.15, -0.1) is 11.6 Å². The smallest absolute Gasteiger partial charge is 0.215 e. The molecule has 0 aliphatic rings. The van der Waals surface area contributed by atoms with Crippen LogP contribution in [0.2, 0.25) is 0 Å². The first kappa shape index (κ1) is 16.1. The van der Waals surface area contributed by atoms with Crippen LogP contribution in [0, 0.1) is 5.92 Å². The summed E-state index contributed by atoms with van der Waals surface area (Å²) in [5.74, 6) is 2.55. The van der Waals surface area contributed by atoms with Crippen molar-refractivity contribution in [2.24, 2.45) is 5.92 Å². The van der Waals surface area contributed by atoms with Crippen LogP contribution >= 0.6 is 11.6 Å². The number of rotatable bonds is 8. The molecule has 0 bridgehead atoms. The molecule has 2 aromatic rings. The molecule has 2 aromatic heterocycles. The highest BCUT2D eigenvalue weighted by Crippen LogP contribution is 2.23. The lowest BCUT2D eigenvalue weighted by atomic mass is 9.99. The Labute approximate surface area is 131 Å². The second kappa shape index (κ2) is 7.64. The summed E-state index contributed by atoms with van der Waals surface area (Å²) in [5, 5.41) is 0. The van der Waals surface area contributed by atoms with Gasteiger partial charge in [-0.3, -0.25) is 0 Å². The van der Waals surface area contributed by atoms with Crippen molar-refractivity contribution >= 4 is 22.8 Å². The van der Waals surface area contributed by atoms with E-state index < -0.39 is 0 Å². The van der Waals surface area contributed by atoms with Gasteiger partial charge in [0, 0.05) is 12.6 Å². The summed E-state index contributed by atoms with van der Waals surface area (Å²) in [6.45, 7) is 5.40. The van der Waals surface area contributed by atoms with Crippen LogP contribution in [0.4, 0.5) is 0 Å². The molecular formula is C16H24ClN3O. The Morgan fingerprint density at radius 3 is 2.71 bits per heavy atom. The van der Waals surface area contributed by atoms with Crippen molar-refractivity contribution in [3.05, 3.63) is 18.0 Å². The highest BCUT2D eigenvalue weighted by molar-refractivity contribution is 6.16. The van der Waals surface area contributed by atoms with Gasteiger partial charge in [-0.1, -0.05) is 33.1 Å². The second-order valence-corrected chi connectivity index (χ2v) is 5.65. The summed E-state index contributed by atoms with van der Waals surface area (Å²) in [4.78, 5) is 9.14. The zero-order valence-electron chi connectivity index (χ0n) is 13.1. The van der Waals surface area contributed by atoms with Crippen molar-refractivity contribution in [3.8, 4) is 5.88 Å². The number of halogens is 1. The fourth-order valence-electron chi connectivity index (χ4n) is 2.61. The molecule has 1 atom stereocenters. The molecule has 2 rings (SSSR count). The fourth-order valence-corrected chi connectivity index (χ4v) is 2.82. The molecule has 21 heavy (non-hydrogen) atoms. The SMILES string of the molecule is CCCCC(CC)Cn1c(CCl)nc2ccc(OC)nc21. The van der Waals surface area contributed by atoms with E-state index in [0.717, 1.165) is 30.0 Å². The third kappa shape index (κ3) is 3.67. The number of alkyl halides is 1. The van der Waals surface area contributed by atoms with Gasteiger partial charge in [0.2, 0.25) is 5.88 Å². The summed E-state index contributed by atoms with van der Waals surface area (Å²) in [6.07, 6.45) is 4.89. The van der Waals surface area contributed by atoms with Gasteiger partial charge in [0.05, 0.1) is 13.0 Å². The van der Waals surface area contributed by atoms with Crippen LogP contribution in [0.3, 0.4) is 0 Å². The first-order valence-electron chi connectivity index (χ1n) is 7.69. The summed E-state index contributed by atoms with van der Waals surface area (Å²) in [6, 6.07) is 3.78. The molecule has 0 saturated heterocycles. The summed E-state index contributed by atoms with van der Waals surface area (Å²) >= 11 is 6.07. The van der Waals surface area contributed by atoms with Crippen LogP contribution in [-0.2, 0) is 12.4 Å². The van der Waals surface area contributed by atoms with Gasteiger partial charge < -0.3 is 9.30 Å². The summed E-state index contributed by atoms with van der Waals surface area (Å²) in [7, 11) is 1.63. The molecule has 0 amide bonds. The maximum atomic E-state index is 6.07. The molecule has 0 spiro atoms. The molecule has 0 aromatic carbocycles. The first-order chi connectivity index (χ1) is 10.2. The zero-order valence-corrected chi connectivity index (χ0v) is 13.9. The van der Waals surface area contributed by atoms with Gasteiger partial charge >= 0.3 is 0 Å². The number of ether oxygens (including phenoxy) is 1. The minimum Gasteiger partial charge on any atom is -0.481 e. The quantitative estimate of drug-likeness (QED) is 0.679. The molecule has 0 fully saturated rings. The minimum absolute atomic E-state index is 0.406. The Morgan fingerprint density at radius 1 is 1.29 bits per heavy atom. The Bertz CT molecular complexity index is 582. The van der Waals surface area contributed by atoms with Crippen LogP contribution in [0.25, 0.3) is 11.2 Å². The molecule has 0 saturated carbocycles. The van der Waals surface area contributed by atoms with Crippen LogP contribution in [0.15, 0.2) is 12.1 Å². The van der Waals surface area contributed by atoms with Gasteiger partial charge in [-0.25, -0.2) is 4.98 Å². The monoisotopic (exact) mass is 309 g/mol. The Morgan fingerprint density at radius 2 is 2.10 bits per heavy atom. The third-order valence-electron chi connectivity index (χ3n) is 3.96. The van der Waals surface area contributed by atoms with E-state index in [4.69, 9.17) is 16.3 Å². The van der Waals surface area contributed by atoms with E-state index in [-0.39, 0.29) is 0 Å². The highest BCUT2D eigenvalue weighted by Gasteiger charge is 2.16. The number of hydrogen-bond donors (Lipinski definition) is 0. The maximum absolute atomic E-state index is 6.07. The Hall–Kier alpha value is -1.29. The molecule has 5 heteroatoms. The first-order valence-corrected chi connectivity index (χ1v) is 8.23. The number of unbranched alkanes of at least 4 members (excludes halogenated alkanes) is 1. The lowest BCUT2D eigenvalue weighted by Crippen LogP contribution is -2.13. The van der Waals surface area contributed by atoms with Gasteiger partial charge in [-0.05, 0) is 18.4 Å². The lowest BCUT2D eigenvalue weighted by molar-refractivity contribution is 0.385. The van der Waals surface area contributed by atoms with Crippen molar-refractivity contribution in [2.45, 2.75) is 52.0 Å². The van der Waals surface area contributed by atoms with Crippen LogP contribution in [0.1, 0.15) is 45.4 Å². The predicted molar refractivity (Wildman–Crippen MR) is 86.9 cm³/mol. The molecule has 0 aliphatic heterocycles. The van der Waals surface area contributed by atoms with E-state index >= 15 is 0 Å². The van der Waals surface area contributed by atoms with Crippen molar-refractivity contribution in [1.82, 2.24) is 14.5 Å². The van der Waals surface area contributed by atoms with Gasteiger partial charge in [0.1, 0.15) is 11.3 Å². The fraction of sp³-hybridized carbons (Fsp3) is 0.625. The number of pyridine rings is 1. The molecular weight excluding hydrogens is 286 g/mol. The molecule has 0 aliphatic carbocycles. The molecule has 116 valence electrons. The number of fused-ring (bicyclic) bond motifs is 1. The average molecular weight is 310 g/mol.